The number of phenolic OH excluding ortho intramolecular Hbond substituents is 1. The number of pyridine rings is 1. The summed E-state index contributed by atoms with van der Waals surface area (Å²) in [4.78, 5) is 4.66. The molecule has 5 nitrogen and oxygen atoms in total. The highest BCUT2D eigenvalue weighted by molar-refractivity contribution is 6.39. The molecule has 2 aromatic carbocycles. The van der Waals surface area contributed by atoms with E-state index in [-0.39, 0.29) is 5.75 Å². The van der Waals surface area contributed by atoms with Crippen LogP contribution in [0.4, 0.5) is 5.82 Å². The molecule has 0 atom stereocenters. The van der Waals surface area contributed by atoms with E-state index in [4.69, 9.17) is 32.7 Å². The first kappa shape index (κ1) is 21.2. The Kier molecular flexibility index (Phi) is 7.20. The van der Waals surface area contributed by atoms with Gasteiger partial charge in [0.2, 0.25) is 0 Å². The van der Waals surface area contributed by atoms with Crippen molar-refractivity contribution in [3.8, 4) is 33.9 Å². The summed E-state index contributed by atoms with van der Waals surface area (Å²) in [7, 11) is 3.22. The van der Waals surface area contributed by atoms with Gasteiger partial charge in [-0.05, 0) is 48.4 Å². The summed E-state index contributed by atoms with van der Waals surface area (Å²) in [5.74, 6) is 1.29. The zero-order valence-electron chi connectivity index (χ0n) is 16.2. The van der Waals surface area contributed by atoms with Crippen molar-refractivity contribution in [1.82, 2.24) is 4.98 Å². The van der Waals surface area contributed by atoms with E-state index in [9.17, 15) is 5.11 Å². The Bertz CT molecular complexity index is 976. The molecular formula is C22H22Cl2N2O3. The Morgan fingerprint density at radius 2 is 1.79 bits per heavy atom. The fourth-order valence-electron chi connectivity index (χ4n) is 2.97. The number of phenols is 1. The van der Waals surface area contributed by atoms with Crippen LogP contribution in [0.1, 0.15) is 6.42 Å². The second-order valence-corrected chi connectivity index (χ2v) is 7.19. The van der Waals surface area contributed by atoms with E-state index in [2.05, 4.69) is 10.3 Å². The van der Waals surface area contributed by atoms with E-state index in [1.807, 2.05) is 12.1 Å². The summed E-state index contributed by atoms with van der Waals surface area (Å²) in [5.41, 5.74) is 2.69. The van der Waals surface area contributed by atoms with E-state index in [1.165, 1.54) is 0 Å². The predicted octanol–water partition coefficient (Wildman–Crippen LogP) is 5.89. The van der Waals surface area contributed by atoms with Crippen molar-refractivity contribution in [3.05, 3.63) is 58.6 Å². The van der Waals surface area contributed by atoms with Crippen molar-refractivity contribution in [2.45, 2.75) is 6.42 Å². The Morgan fingerprint density at radius 3 is 2.45 bits per heavy atom. The van der Waals surface area contributed by atoms with Crippen molar-refractivity contribution in [2.75, 3.05) is 32.7 Å². The van der Waals surface area contributed by atoms with E-state index in [1.54, 1.807) is 50.6 Å². The number of benzene rings is 2. The molecular weight excluding hydrogens is 411 g/mol. The lowest BCUT2D eigenvalue weighted by molar-refractivity contribution is 0.198. The lowest BCUT2D eigenvalue weighted by Gasteiger charge is -2.14. The Balaban J connectivity index is 2.08. The van der Waals surface area contributed by atoms with Gasteiger partial charge in [0.25, 0.3) is 0 Å². The minimum Gasteiger partial charge on any atom is -0.507 e. The third kappa shape index (κ3) is 5.12. The molecule has 1 aromatic heterocycles. The van der Waals surface area contributed by atoms with Crippen LogP contribution < -0.4 is 10.1 Å². The number of rotatable bonds is 8. The maximum Gasteiger partial charge on any atom is 0.128 e. The smallest absolute Gasteiger partial charge is 0.128 e. The number of nitrogens with one attached hydrogen (secondary N) is 1. The maximum absolute atomic E-state index is 10.5. The van der Waals surface area contributed by atoms with Crippen molar-refractivity contribution >= 4 is 29.0 Å². The van der Waals surface area contributed by atoms with Crippen LogP contribution in [0.2, 0.25) is 10.0 Å². The predicted molar refractivity (Wildman–Crippen MR) is 118 cm³/mol. The fraction of sp³-hybridized carbons (Fsp3) is 0.227. The van der Waals surface area contributed by atoms with Crippen molar-refractivity contribution < 1.29 is 14.6 Å². The molecule has 0 radical (unpaired) electrons. The van der Waals surface area contributed by atoms with Gasteiger partial charge in [-0.15, -0.1) is 0 Å². The number of hydrogen-bond acceptors (Lipinski definition) is 5. The molecule has 2 N–H and O–H groups in total. The first-order valence-corrected chi connectivity index (χ1v) is 9.85. The molecule has 0 aliphatic heterocycles. The lowest BCUT2D eigenvalue weighted by Crippen LogP contribution is -2.06. The molecule has 152 valence electrons. The maximum atomic E-state index is 10.5. The summed E-state index contributed by atoms with van der Waals surface area (Å²) < 4.78 is 10.3. The summed E-state index contributed by atoms with van der Waals surface area (Å²) in [5, 5.41) is 14.9. The third-order valence-electron chi connectivity index (χ3n) is 4.39. The lowest BCUT2D eigenvalue weighted by atomic mass is 10.0. The van der Waals surface area contributed by atoms with E-state index in [0.717, 1.165) is 12.0 Å². The second kappa shape index (κ2) is 9.83. The largest absolute Gasteiger partial charge is 0.507 e. The minimum absolute atomic E-state index is 0.0737. The molecule has 0 bridgehead atoms. The zero-order chi connectivity index (χ0) is 20.8. The van der Waals surface area contributed by atoms with Crippen LogP contribution >= 0.6 is 23.2 Å². The Labute approximate surface area is 180 Å². The second-order valence-electron chi connectivity index (χ2n) is 6.38. The average Bonchev–Trinajstić information content (AvgIpc) is 2.71. The van der Waals surface area contributed by atoms with Crippen LogP contribution in [0.25, 0.3) is 22.4 Å². The van der Waals surface area contributed by atoms with Crippen LogP contribution in [-0.2, 0) is 4.74 Å². The monoisotopic (exact) mass is 432 g/mol. The number of ether oxygens (including phenoxy) is 2. The number of nitrogens with zero attached hydrogens (tertiary/aromatic N) is 1. The van der Waals surface area contributed by atoms with Gasteiger partial charge in [-0.3, -0.25) is 0 Å². The highest BCUT2D eigenvalue weighted by Gasteiger charge is 2.14. The average molecular weight is 433 g/mol. The standard InChI is InChI=1S/C22H22Cl2N2O3/c1-28-10-4-9-25-21-12-14(22-17(23)5-3-6-18(22)24)11-19(26-21)16-8-7-15(29-2)13-20(16)27/h3,5-8,11-13,27H,4,9-10H2,1-2H3,(H,25,26). The number of methoxy groups -OCH3 is 2. The van der Waals surface area contributed by atoms with Crippen LogP contribution in [0.5, 0.6) is 11.5 Å². The molecule has 0 saturated carbocycles. The highest BCUT2D eigenvalue weighted by Crippen LogP contribution is 2.39. The van der Waals surface area contributed by atoms with Gasteiger partial charge in [-0.2, -0.15) is 0 Å². The van der Waals surface area contributed by atoms with Crippen molar-refractivity contribution in [1.29, 1.82) is 0 Å². The topological polar surface area (TPSA) is 63.6 Å². The van der Waals surface area contributed by atoms with Crippen LogP contribution in [0.3, 0.4) is 0 Å². The van der Waals surface area contributed by atoms with Gasteiger partial charge in [-0.25, -0.2) is 4.98 Å². The van der Waals surface area contributed by atoms with E-state index >= 15 is 0 Å². The SMILES string of the molecule is COCCCNc1cc(-c2c(Cl)cccc2Cl)cc(-c2ccc(OC)cc2O)n1. The summed E-state index contributed by atoms with van der Waals surface area (Å²) in [6.07, 6.45) is 0.832. The molecule has 1 heterocycles. The molecule has 0 unspecified atom stereocenters. The minimum atomic E-state index is 0.0737. The van der Waals surface area contributed by atoms with Gasteiger partial charge >= 0.3 is 0 Å². The quantitative estimate of drug-likeness (QED) is 0.434. The van der Waals surface area contributed by atoms with Gasteiger partial charge in [0.05, 0.1) is 12.8 Å². The molecule has 3 rings (SSSR count). The van der Waals surface area contributed by atoms with Gasteiger partial charge in [0, 0.05) is 47.5 Å². The fourth-order valence-corrected chi connectivity index (χ4v) is 3.58. The van der Waals surface area contributed by atoms with Gasteiger partial charge in [0.1, 0.15) is 17.3 Å². The normalized spacial score (nSPS) is 10.8. The van der Waals surface area contributed by atoms with E-state index in [0.29, 0.717) is 51.6 Å². The molecule has 0 fully saturated rings. The number of aromatic nitrogens is 1. The molecule has 0 saturated heterocycles. The third-order valence-corrected chi connectivity index (χ3v) is 5.02. The summed E-state index contributed by atoms with van der Waals surface area (Å²) >= 11 is 12.8. The molecule has 7 heteroatoms. The molecule has 0 aliphatic carbocycles. The zero-order valence-corrected chi connectivity index (χ0v) is 17.7. The molecule has 0 aliphatic rings. The highest BCUT2D eigenvalue weighted by atomic mass is 35.5. The Hall–Kier alpha value is -2.47. The summed E-state index contributed by atoms with van der Waals surface area (Å²) in [6, 6.07) is 14.2. The van der Waals surface area contributed by atoms with Gasteiger partial charge in [-0.1, -0.05) is 29.3 Å². The van der Waals surface area contributed by atoms with Crippen LogP contribution in [0.15, 0.2) is 48.5 Å². The summed E-state index contributed by atoms with van der Waals surface area (Å²) in [6.45, 7) is 1.34. The number of aromatic hydroxyl groups is 1. The van der Waals surface area contributed by atoms with Crippen molar-refractivity contribution in [3.63, 3.8) is 0 Å². The van der Waals surface area contributed by atoms with E-state index < -0.39 is 0 Å². The molecule has 0 amide bonds. The first-order valence-electron chi connectivity index (χ1n) is 9.10. The van der Waals surface area contributed by atoms with Crippen LogP contribution in [-0.4, -0.2) is 37.5 Å². The number of hydrogen-bond donors (Lipinski definition) is 2. The number of anilines is 1. The van der Waals surface area contributed by atoms with Gasteiger partial charge in [0.15, 0.2) is 0 Å². The molecule has 29 heavy (non-hydrogen) atoms. The van der Waals surface area contributed by atoms with Crippen molar-refractivity contribution in [2.24, 2.45) is 0 Å². The molecule has 0 spiro atoms. The molecule has 3 aromatic rings. The first-order chi connectivity index (χ1) is 14.0. The Morgan fingerprint density at radius 1 is 1.03 bits per heavy atom. The van der Waals surface area contributed by atoms with Crippen LogP contribution in [0, 0.1) is 0 Å². The van der Waals surface area contributed by atoms with Gasteiger partial charge < -0.3 is 19.9 Å². The number of halogens is 2.